The van der Waals surface area contributed by atoms with E-state index in [1.165, 1.54) is 11.8 Å². The van der Waals surface area contributed by atoms with Gasteiger partial charge in [0.15, 0.2) is 0 Å². The molecule has 4 aromatic rings. The SMILES string of the molecule is CCc1ccc(-c2cc(C(=O)N/N=C/c3ccoc3)c3ccccc3n2)cc1. The van der Waals surface area contributed by atoms with Crippen molar-refractivity contribution in [3.05, 3.63) is 89.9 Å². The van der Waals surface area contributed by atoms with Crippen LogP contribution in [0.1, 0.15) is 28.4 Å². The lowest BCUT2D eigenvalue weighted by molar-refractivity contribution is 0.0956. The maximum Gasteiger partial charge on any atom is 0.272 e. The Balaban J connectivity index is 1.70. The fourth-order valence-corrected chi connectivity index (χ4v) is 3.00. The van der Waals surface area contributed by atoms with E-state index in [1.54, 1.807) is 18.6 Å². The second-order valence-electron chi connectivity index (χ2n) is 6.38. The highest BCUT2D eigenvalue weighted by atomic mass is 16.3. The molecule has 0 unspecified atom stereocenters. The predicted octanol–water partition coefficient (Wildman–Crippen LogP) is 4.82. The first kappa shape index (κ1) is 17.7. The van der Waals surface area contributed by atoms with Crippen LogP contribution in [0.2, 0.25) is 0 Å². The number of aryl methyl sites for hydroxylation is 1. The van der Waals surface area contributed by atoms with E-state index in [-0.39, 0.29) is 5.91 Å². The summed E-state index contributed by atoms with van der Waals surface area (Å²) in [6.07, 6.45) is 5.62. The number of carbonyl (C=O) groups excluding carboxylic acids is 1. The summed E-state index contributed by atoms with van der Waals surface area (Å²) in [5, 5.41) is 4.80. The summed E-state index contributed by atoms with van der Waals surface area (Å²) in [6.45, 7) is 2.12. The van der Waals surface area contributed by atoms with Gasteiger partial charge in [0.1, 0.15) is 0 Å². The Labute approximate surface area is 162 Å². The van der Waals surface area contributed by atoms with Gasteiger partial charge in [-0.3, -0.25) is 4.79 Å². The van der Waals surface area contributed by atoms with Gasteiger partial charge in [0.05, 0.1) is 35.5 Å². The summed E-state index contributed by atoms with van der Waals surface area (Å²) >= 11 is 0. The van der Waals surface area contributed by atoms with Crippen LogP contribution >= 0.6 is 0 Å². The van der Waals surface area contributed by atoms with Crippen molar-refractivity contribution in [2.24, 2.45) is 5.10 Å². The van der Waals surface area contributed by atoms with Crippen LogP contribution in [-0.4, -0.2) is 17.1 Å². The Kier molecular flexibility index (Phi) is 4.97. The van der Waals surface area contributed by atoms with Gasteiger partial charge < -0.3 is 4.42 Å². The number of amides is 1. The van der Waals surface area contributed by atoms with Crippen molar-refractivity contribution in [2.75, 3.05) is 0 Å². The third kappa shape index (κ3) is 3.69. The van der Waals surface area contributed by atoms with E-state index in [0.717, 1.165) is 34.1 Å². The molecule has 0 aliphatic heterocycles. The van der Waals surface area contributed by atoms with Gasteiger partial charge >= 0.3 is 0 Å². The van der Waals surface area contributed by atoms with Crippen molar-refractivity contribution in [1.29, 1.82) is 0 Å². The van der Waals surface area contributed by atoms with E-state index in [9.17, 15) is 4.79 Å². The number of hydrazone groups is 1. The van der Waals surface area contributed by atoms with Crippen molar-refractivity contribution in [2.45, 2.75) is 13.3 Å². The Morgan fingerprint density at radius 2 is 1.96 bits per heavy atom. The number of nitrogens with one attached hydrogen (secondary N) is 1. The van der Waals surface area contributed by atoms with E-state index in [2.05, 4.69) is 29.6 Å². The number of hydrogen-bond donors (Lipinski definition) is 1. The molecular formula is C23H19N3O2. The molecule has 0 atom stereocenters. The van der Waals surface area contributed by atoms with E-state index in [4.69, 9.17) is 9.40 Å². The molecule has 138 valence electrons. The number of pyridine rings is 1. The molecule has 5 heteroatoms. The molecule has 0 saturated carbocycles. The van der Waals surface area contributed by atoms with Gasteiger partial charge in [0, 0.05) is 16.5 Å². The van der Waals surface area contributed by atoms with Crippen LogP contribution in [0.15, 0.2) is 82.7 Å². The Hall–Kier alpha value is -3.73. The van der Waals surface area contributed by atoms with Crippen LogP contribution in [0.4, 0.5) is 0 Å². The molecule has 0 fully saturated rings. The molecule has 0 bridgehead atoms. The molecule has 0 aliphatic carbocycles. The first-order valence-corrected chi connectivity index (χ1v) is 9.09. The number of benzene rings is 2. The highest BCUT2D eigenvalue weighted by Crippen LogP contribution is 2.25. The lowest BCUT2D eigenvalue weighted by atomic mass is 10.0. The molecule has 4 rings (SSSR count). The largest absolute Gasteiger partial charge is 0.472 e. The predicted molar refractivity (Wildman–Crippen MR) is 110 cm³/mol. The van der Waals surface area contributed by atoms with Crippen LogP contribution < -0.4 is 5.43 Å². The maximum atomic E-state index is 12.8. The lowest BCUT2D eigenvalue weighted by Crippen LogP contribution is -2.18. The smallest absolute Gasteiger partial charge is 0.272 e. The van der Waals surface area contributed by atoms with Crippen molar-refractivity contribution in [3.63, 3.8) is 0 Å². The standard InChI is InChI=1S/C23H19N3O2/c1-2-16-7-9-18(10-8-16)22-13-20(19-5-3-4-6-21(19)25-22)23(27)26-24-14-17-11-12-28-15-17/h3-15H,2H2,1H3,(H,26,27)/b24-14+. The van der Waals surface area contributed by atoms with E-state index in [0.29, 0.717) is 5.56 Å². The van der Waals surface area contributed by atoms with Crippen LogP contribution in [-0.2, 0) is 6.42 Å². The van der Waals surface area contributed by atoms with E-state index >= 15 is 0 Å². The molecule has 2 aromatic carbocycles. The summed E-state index contributed by atoms with van der Waals surface area (Å²) < 4.78 is 4.98. The van der Waals surface area contributed by atoms with Crippen molar-refractivity contribution in [3.8, 4) is 11.3 Å². The highest BCUT2D eigenvalue weighted by molar-refractivity contribution is 6.07. The molecule has 1 amide bonds. The number of nitrogens with zero attached hydrogens (tertiary/aromatic N) is 2. The number of aromatic nitrogens is 1. The number of rotatable bonds is 5. The molecule has 2 heterocycles. The van der Waals surface area contributed by atoms with Crippen LogP contribution in [0.5, 0.6) is 0 Å². The molecular weight excluding hydrogens is 350 g/mol. The lowest BCUT2D eigenvalue weighted by Gasteiger charge is -2.09. The van der Waals surface area contributed by atoms with E-state index < -0.39 is 0 Å². The third-order valence-corrected chi connectivity index (χ3v) is 4.54. The second kappa shape index (κ2) is 7.88. The number of hydrogen-bond acceptors (Lipinski definition) is 4. The average molecular weight is 369 g/mol. The van der Waals surface area contributed by atoms with Gasteiger partial charge in [0.2, 0.25) is 0 Å². The zero-order valence-electron chi connectivity index (χ0n) is 15.4. The van der Waals surface area contributed by atoms with Gasteiger partial charge in [-0.15, -0.1) is 0 Å². The minimum Gasteiger partial charge on any atom is -0.472 e. The number of carbonyl (C=O) groups is 1. The first-order valence-electron chi connectivity index (χ1n) is 9.09. The molecule has 0 aliphatic rings. The van der Waals surface area contributed by atoms with Crippen LogP contribution in [0, 0.1) is 0 Å². The summed E-state index contributed by atoms with van der Waals surface area (Å²) in [6, 6.07) is 19.4. The normalized spacial score (nSPS) is 11.2. The quantitative estimate of drug-likeness (QED) is 0.405. The summed E-state index contributed by atoms with van der Waals surface area (Å²) in [7, 11) is 0. The minimum atomic E-state index is -0.287. The van der Waals surface area contributed by atoms with Gasteiger partial charge in [-0.25, -0.2) is 10.4 Å². The second-order valence-corrected chi connectivity index (χ2v) is 6.38. The van der Waals surface area contributed by atoms with Gasteiger partial charge in [-0.2, -0.15) is 5.10 Å². The zero-order chi connectivity index (χ0) is 19.3. The molecule has 2 aromatic heterocycles. The molecule has 1 N–H and O–H groups in total. The Bertz CT molecular complexity index is 1130. The zero-order valence-corrected chi connectivity index (χ0v) is 15.4. The highest BCUT2D eigenvalue weighted by Gasteiger charge is 2.13. The van der Waals surface area contributed by atoms with Crippen molar-refractivity contribution < 1.29 is 9.21 Å². The molecule has 0 saturated heterocycles. The molecule has 28 heavy (non-hydrogen) atoms. The van der Waals surface area contributed by atoms with Crippen molar-refractivity contribution in [1.82, 2.24) is 10.4 Å². The summed E-state index contributed by atoms with van der Waals surface area (Å²) in [5.74, 6) is -0.287. The fraction of sp³-hybridized carbons (Fsp3) is 0.0870. The third-order valence-electron chi connectivity index (χ3n) is 4.54. The summed E-state index contributed by atoms with van der Waals surface area (Å²) in [5.41, 5.74) is 7.65. The topological polar surface area (TPSA) is 67.5 Å². The Morgan fingerprint density at radius 1 is 1.14 bits per heavy atom. The fourth-order valence-electron chi connectivity index (χ4n) is 3.00. The molecule has 0 radical (unpaired) electrons. The van der Waals surface area contributed by atoms with E-state index in [1.807, 2.05) is 42.5 Å². The first-order chi connectivity index (χ1) is 13.7. The average Bonchev–Trinajstić information content (AvgIpc) is 3.26. The monoisotopic (exact) mass is 369 g/mol. The van der Waals surface area contributed by atoms with Crippen molar-refractivity contribution >= 4 is 23.0 Å². The Morgan fingerprint density at radius 3 is 2.71 bits per heavy atom. The van der Waals surface area contributed by atoms with Gasteiger partial charge in [0.25, 0.3) is 5.91 Å². The molecule has 5 nitrogen and oxygen atoms in total. The van der Waals surface area contributed by atoms with Crippen LogP contribution in [0.25, 0.3) is 22.2 Å². The summed E-state index contributed by atoms with van der Waals surface area (Å²) in [4.78, 5) is 17.5. The maximum absolute atomic E-state index is 12.8. The number of fused-ring (bicyclic) bond motifs is 1. The minimum absolute atomic E-state index is 0.287. The van der Waals surface area contributed by atoms with Gasteiger partial charge in [-0.05, 0) is 30.2 Å². The number of para-hydroxylation sites is 1. The van der Waals surface area contributed by atoms with Gasteiger partial charge in [-0.1, -0.05) is 49.4 Å². The molecule has 0 spiro atoms. The number of furan rings is 1. The van der Waals surface area contributed by atoms with Crippen LogP contribution in [0.3, 0.4) is 0 Å².